The van der Waals surface area contributed by atoms with Crippen molar-refractivity contribution in [1.29, 1.82) is 0 Å². The molecule has 1 fully saturated rings. The summed E-state index contributed by atoms with van der Waals surface area (Å²) in [6.07, 6.45) is 4.13. The maximum atomic E-state index is 5.92. The second-order valence-corrected chi connectivity index (χ2v) is 5.62. The summed E-state index contributed by atoms with van der Waals surface area (Å²) in [5.41, 5.74) is 6.15. The fourth-order valence-electron chi connectivity index (χ4n) is 2.11. The standard InChI is InChI=1S/C12H26N2/c1-10(2)8-14(4)12(3,9-13)7-11-5-6-11/h10-11H,5-9,13H2,1-4H3. The van der Waals surface area contributed by atoms with E-state index >= 15 is 0 Å². The van der Waals surface area contributed by atoms with E-state index < -0.39 is 0 Å². The van der Waals surface area contributed by atoms with Gasteiger partial charge in [0.15, 0.2) is 0 Å². The molecule has 0 radical (unpaired) electrons. The van der Waals surface area contributed by atoms with Crippen LogP contribution in [0.1, 0.15) is 40.0 Å². The molecule has 1 unspecified atom stereocenters. The Morgan fingerprint density at radius 3 is 2.36 bits per heavy atom. The lowest BCUT2D eigenvalue weighted by atomic mass is 9.92. The zero-order valence-corrected chi connectivity index (χ0v) is 10.2. The third kappa shape index (κ3) is 3.25. The van der Waals surface area contributed by atoms with E-state index in [1.165, 1.54) is 19.3 Å². The van der Waals surface area contributed by atoms with Crippen molar-refractivity contribution in [2.75, 3.05) is 20.1 Å². The first kappa shape index (κ1) is 12.0. The molecule has 2 N–H and O–H groups in total. The minimum absolute atomic E-state index is 0.228. The molecule has 1 rings (SSSR count). The molecule has 0 bridgehead atoms. The highest BCUT2D eigenvalue weighted by molar-refractivity contribution is 4.92. The van der Waals surface area contributed by atoms with Crippen molar-refractivity contribution in [1.82, 2.24) is 4.90 Å². The second-order valence-electron chi connectivity index (χ2n) is 5.62. The van der Waals surface area contributed by atoms with Gasteiger partial charge < -0.3 is 5.73 Å². The van der Waals surface area contributed by atoms with E-state index in [4.69, 9.17) is 5.73 Å². The molecule has 0 saturated heterocycles. The summed E-state index contributed by atoms with van der Waals surface area (Å²) >= 11 is 0. The van der Waals surface area contributed by atoms with Crippen LogP contribution in [-0.2, 0) is 0 Å². The minimum Gasteiger partial charge on any atom is -0.329 e. The van der Waals surface area contributed by atoms with Gasteiger partial charge in [-0.3, -0.25) is 4.90 Å². The average Bonchev–Trinajstić information content (AvgIpc) is 2.86. The molecule has 1 saturated carbocycles. The SMILES string of the molecule is CC(C)CN(C)C(C)(CN)CC1CC1. The van der Waals surface area contributed by atoms with Gasteiger partial charge in [0.1, 0.15) is 0 Å². The summed E-state index contributed by atoms with van der Waals surface area (Å²) in [4.78, 5) is 2.45. The number of rotatable bonds is 6. The zero-order chi connectivity index (χ0) is 10.8. The molecular weight excluding hydrogens is 172 g/mol. The van der Waals surface area contributed by atoms with Crippen molar-refractivity contribution in [2.45, 2.75) is 45.6 Å². The number of hydrogen-bond donors (Lipinski definition) is 1. The third-order valence-electron chi connectivity index (χ3n) is 3.43. The molecular formula is C12H26N2. The Labute approximate surface area is 88.8 Å². The maximum absolute atomic E-state index is 5.92. The van der Waals surface area contributed by atoms with Gasteiger partial charge in [0, 0.05) is 18.6 Å². The van der Waals surface area contributed by atoms with Crippen LogP contribution in [0.2, 0.25) is 0 Å². The van der Waals surface area contributed by atoms with Gasteiger partial charge in [-0.1, -0.05) is 26.7 Å². The Morgan fingerprint density at radius 1 is 1.43 bits per heavy atom. The largest absolute Gasteiger partial charge is 0.329 e. The van der Waals surface area contributed by atoms with Gasteiger partial charge in [-0.25, -0.2) is 0 Å². The Hall–Kier alpha value is -0.0800. The predicted molar refractivity (Wildman–Crippen MR) is 62.3 cm³/mol. The summed E-state index contributed by atoms with van der Waals surface area (Å²) in [6, 6.07) is 0. The molecule has 1 aliphatic carbocycles. The van der Waals surface area contributed by atoms with E-state index in [1.807, 2.05) is 0 Å². The van der Waals surface area contributed by atoms with E-state index in [2.05, 4.69) is 32.7 Å². The normalized spacial score (nSPS) is 21.6. The molecule has 84 valence electrons. The van der Waals surface area contributed by atoms with Crippen LogP contribution in [0.5, 0.6) is 0 Å². The predicted octanol–water partition coefficient (Wildman–Crippen LogP) is 2.09. The van der Waals surface area contributed by atoms with Crippen LogP contribution < -0.4 is 5.73 Å². The minimum atomic E-state index is 0.228. The molecule has 0 heterocycles. The van der Waals surface area contributed by atoms with Crippen LogP contribution in [0.3, 0.4) is 0 Å². The highest BCUT2D eigenvalue weighted by Crippen LogP contribution is 2.38. The summed E-state index contributed by atoms with van der Waals surface area (Å²) in [6.45, 7) is 8.79. The molecule has 0 aromatic rings. The highest BCUT2D eigenvalue weighted by Gasteiger charge is 2.35. The lowest BCUT2D eigenvalue weighted by Gasteiger charge is -2.39. The summed E-state index contributed by atoms with van der Waals surface area (Å²) < 4.78 is 0. The van der Waals surface area contributed by atoms with Gasteiger partial charge in [0.2, 0.25) is 0 Å². The Bertz CT molecular complexity index is 175. The Balaban J connectivity index is 2.47. The van der Waals surface area contributed by atoms with E-state index in [9.17, 15) is 0 Å². The van der Waals surface area contributed by atoms with Gasteiger partial charge in [-0.15, -0.1) is 0 Å². The molecule has 2 heteroatoms. The van der Waals surface area contributed by atoms with Crippen LogP contribution in [0, 0.1) is 11.8 Å². The van der Waals surface area contributed by atoms with E-state index in [1.54, 1.807) is 0 Å². The van der Waals surface area contributed by atoms with Crippen LogP contribution in [0.25, 0.3) is 0 Å². The fourth-order valence-corrected chi connectivity index (χ4v) is 2.11. The topological polar surface area (TPSA) is 29.3 Å². The molecule has 1 atom stereocenters. The lowest BCUT2D eigenvalue weighted by Crippen LogP contribution is -2.51. The van der Waals surface area contributed by atoms with Crippen molar-refractivity contribution >= 4 is 0 Å². The number of likely N-dealkylation sites (N-methyl/N-ethyl adjacent to an activating group) is 1. The maximum Gasteiger partial charge on any atom is 0.0303 e. The van der Waals surface area contributed by atoms with Crippen LogP contribution in [0.4, 0.5) is 0 Å². The van der Waals surface area contributed by atoms with E-state index in [-0.39, 0.29) is 5.54 Å². The first-order chi connectivity index (χ1) is 6.48. The van der Waals surface area contributed by atoms with Crippen LogP contribution in [-0.4, -0.2) is 30.6 Å². The Morgan fingerprint density at radius 2 is 2.00 bits per heavy atom. The smallest absolute Gasteiger partial charge is 0.0303 e. The average molecular weight is 198 g/mol. The molecule has 2 nitrogen and oxygen atoms in total. The van der Waals surface area contributed by atoms with Crippen molar-refractivity contribution in [3.05, 3.63) is 0 Å². The van der Waals surface area contributed by atoms with Gasteiger partial charge in [-0.2, -0.15) is 0 Å². The molecule has 0 amide bonds. The van der Waals surface area contributed by atoms with Crippen LogP contribution in [0.15, 0.2) is 0 Å². The summed E-state index contributed by atoms with van der Waals surface area (Å²) in [5, 5.41) is 0. The molecule has 0 aromatic carbocycles. The number of hydrogen-bond acceptors (Lipinski definition) is 2. The first-order valence-corrected chi connectivity index (χ1v) is 5.89. The molecule has 14 heavy (non-hydrogen) atoms. The lowest BCUT2D eigenvalue weighted by molar-refractivity contribution is 0.113. The van der Waals surface area contributed by atoms with Crippen molar-refractivity contribution in [3.8, 4) is 0 Å². The zero-order valence-electron chi connectivity index (χ0n) is 10.2. The van der Waals surface area contributed by atoms with Crippen molar-refractivity contribution < 1.29 is 0 Å². The fraction of sp³-hybridized carbons (Fsp3) is 1.00. The van der Waals surface area contributed by atoms with Gasteiger partial charge in [0.05, 0.1) is 0 Å². The van der Waals surface area contributed by atoms with E-state index in [0.29, 0.717) is 0 Å². The highest BCUT2D eigenvalue weighted by atomic mass is 15.2. The number of nitrogens with two attached hydrogens (primary N) is 1. The van der Waals surface area contributed by atoms with Gasteiger partial charge in [-0.05, 0) is 32.2 Å². The monoisotopic (exact) mass is 198 g/mol. The molecule has 1 aliphatic rings. The summed E-state index contributed by atoms with van der Waals surface area (Å²) in [7, 11) is 2.22. The van der Waals surface area contributed by atoms with Crippen molar-refractivity contribution in [2.24, 2.45) is 17.6 Å². The van der Waals surface area contributed by atoms with Gasteiger partial charge >= 0.3 is 0 Å². The van der Waals surface area contributed by atoms with Crippen LogP contribution >= 0.6 is 0 Å². The molecule has 0 aliphatic heterocycles. The van der Waals surface area contributed by atoms with E-state index in [0.717, 1.165) is 24.9 Å². The third-order valence-corrected chi connectivity index (χ3v) is 3.43. The first-order valence-electron chi connectivity index (χ1n) is 5.89. The molecule has 0 spiro atoms. The van der Waals surface area contributed by atoms with Gasteiger partial charge in [0.25, 0.3) is 0 Å². The second kappa shape index (κ2) is 4.63. The molecule has 0 aromatic heterocycles. The quantitative estimate of drug-likeness (QED) is 0.708. The Kier molecular flexibility index (Phi) is 3.96. The number of nitrogens with zero attached hydrogens (tertiary/aromatic N) is 1. The summed E-state index contributed by atoms with van der Waals surface area (Å²) in [5.74, 6) is 1.68. The van der Waals surface area contributed by atoms with Crippen molar-refractivity contribution in [3.63, 3.8) is 0 Å².